The Morgan fingerprint density at radius 2 is 1.89 bits per heavy atom. The van der Waals surface area contributed by atoms with Gasteiger partial charge < -0.3 is 9.47 Å². The molecule has 2 amide bonds. The molecule has 2 aromatic carbocycles. The normalized spacial score (nSPS) is 15.1. The number of carbonyl (C=O) groups excluding carboxylic acids is 2. The van der Waals surface area contributed by atoms with E-state index in [4.69, 9.17) is 32.7 Å². The molecule has 0 radical (unpaired) electrons. The molecular weight excluding hydrogens is 557 g/mol. The quantitative estimate of drug-likeness (QED) is 0.422. The molecule has 1 saturated heterocycles. The molecule has 0 spiro atoms. The molecule has 1 heterocycles. The first kappa shape index (κ1) is 21.5. The predicted octanol–water partition coefficient (Wildman–Crippen LogP) is 6.43. The predicted molar refractivity (Wildman–Crippen MR) is 118 cm³/mol. The Morgan fingerprint density at radius 1 is 1.14 bits per heavy atom. The van der Waals surface area contributed by atoms with Crippen LogP contribution < -0.4 is 14.8 Å². The van der Waals surface area contributed by atoms with Gasteiger partial charge in [0.15, 0.2) is 11.5 Å². The molecule has 0 aromatic heterocycles. The van der Waals surface area contributed by atoms with Gasteiger partial charge in [0, 0.05) is 4.47 Å². The van der Waals surface area contributed by atoms with Crippen LogP contribution in [0, 0.1) is 0 Å². The zero-order valence-corrected chi connectivity index (χ0v) is 19.6. The van der Waals surface area contributed by atoms with Gasteiger partial charge in [-0.25, -0.2) is 0 Å². The van der Waals surface area contributed by atoms with Crippen molar-refractivity contribution in [2.45, 2.75) is 6.61 Å². The molecule has 5 nitrogen and oxygen atoms in total. The highest BCUT2D eigenvalue weighted by molar-refractivity contribution is 9.13. The van der Waals surface area contributed by atoms with Crippen LogP contribution in [-0.4, -0.2) is 18.3 Å². The summed E-state index contributed by atoms with van der Waals surface area (Å²) in [5, 5.41) is 2.73. The topological polar surface area (TPSA) is 64.6 Å². The minimum absolute atomic E-state index is 0.242. The maximum Gasteiger partial charge on any atom is 0.290 e. The molecule has 0 bridgehead atoms. The number of ether oxygens (including phenoxy) is 2. The van der Waals surface area contributed by atoms with Crippen LogP contribution in [-0.2, 0) is 11.4 Å². The Labute approximate surface area is 192 Å². The number of nitrogens with one attached hydrogen (secondary N) is 1. The summed E-state index contributed by atoms with van der Waals surface area (Å²) in [5.41, 5.74) is 1.49. The number of imide groups is 1. The summed E-state index contributed by atoms with van der Waals surface area (Å²) in [4.78, 5) is 23.4. The average Bonchev–Trinajstić information content (AvgIpc) is 2.97. The van der Waals surface area contributed by atoms with Crippen LogP contribution in [0.1, 0.15) is 11.1 Å². The molecule has 1 N–H and O–H groups in total. The average molecular weight is 568 g/mol. The Kier molecular flexibility index (Phi) is 6.98. The number of rotatable bonds is 5. The van der Waals surface area contributed by atoms with Crippen LogP contribution >= 0.6 is 66.8 Å². The molecular formula is C18H11Br2Cl2NO4S. The fourth-order valence-electron chi connectivity index (χ4n) is 2.34. The van der Waals surface area contributed by atoms with Gasteiger partial charge in [0.25, 0.3) is 11.1 Å². The Bertz CT molecular complexity index is 1010. The van der Waals surface area contributed by atoms with Crippen LogP contribution in [0.2, 0.25) is 10.0 Å². The number of hydrogen-bond acceptors (Lipinski definition) is 5. The molecule has 0 saturated carbocycles. The van der Waals surface area contributed by atoms with Gasteiger partial charge in [-0.3, -0.25) is 14.9 Å². The lowest BCUT2D eigenvalue weighted by atomic mass is 10.1. The van der Waals surface area contributed by atoms with Gasteiger partial charge in [-0.05, 0) is 79.0 Å². The van der Waals surface area contributed by atoms with E-state index >= 15 is 0 Å². The van der Waals surface area contributed by atoms with Gasteiger partial charge in [-0.15, -0.1) is 0 Å². The molecule has 28 heavy (non-hydrogen) atoms. The number of amides is 2. The number of benzene rings is 2. The van der Waals surface area contributed by atoms with E-state index in [9.17, 15) is 9.59 Å². The number of halogens is 4. The van der Waals surface area contributed by atoms with Crippen molar-refractivity contribution in [3.63, 3.8) is 0 Å². The SMILES string of the molecule is COc1cc(/C=C2/SC(=O)NC2=O)c(Br)c(Br)c1OCc1ccc(Cl)c(Cl)c1. The van der Waals surface area contributed by atoms with Crippen molar-refractivity contribution in [3.05, 3.63) is 59.3 Å². The second kappa shape index (κ2) is 9.09. The maximum absolute atomic E-state index is 11.8. The van der Waals surface area contributed by atoms with Gasteiger partial charge in [0.05, 0.1) is 26.5 Å². The highest BCUT2D eigenvalue weighted by Gasteiger charge is 2.26. The number of hydrogen-bond donors (Lipinski definition) is 1. The zero-order valence-electron chi connectivity index (χ0n) is 14.1. The number of carbonyl (C=O) groups is 2. The third-order valence-electron chi connectivity index (χ3n) is 3.67. The van der Waals surface area contributed by atoms with E-state index in [1.54, 1.807) is 24.3 Å². The number of thioether (sulfide) groups is 1. The summed E-state index contributed by atoms with van der Waals surface area (Å²) in [6.45, 7) is 0.242. The standard InChI is InChI=1S/C18H11Br2Cl2NO4S/c1-26-12-5-9(6-13-17(24)23-18(25)28-13)14(19)15(20)16(12)27-7-8-2-3-10(21)11(22)4-8/h2-6H,7H2,1H3,(H,23,24,25)/b13-6+. The Morgan fingerprint density at radius 3 is 2.50 bits per heavy atom. The van der Waals surface area contributed by atoms with E-state index in [0.717, 1.165) is 17.3 Å². The minimum Gasteiger partial charge on any atom is -0.493 e. The van der Waals surface area contributed by atoms with Crippen LogP contribution in [0.3, 0.4) is 0 Å². The van der Waals surface area contributed by atoms with E-state index in [2.05, 4.69) is 37.2 Å². The zero-order chi connectivity index (χ0) is 20.4. The van der Waals surface area contributed by atoms with Crippen molar-refractivity contribution >= 4 is 84.0 Å². The van der Waals surface area contributed by atoms with Crippen LogP contribution in [0.5, 0.6) is 11.5 Å². The Hall–Kier alpha value is -1.19. The van der Waals surface area contributed by atoms with E-state index in [-0.39, 0.29) is 6.61 Å². The number of methoxy groups -OCH3 is 1. The second-order valence-corrected chi connectivity index (χ2v) is 8.93. The third-order valence-corrected chi connectivity index (χ3v) is 7.36. The molecule has 0 atom stereocenters. The smallest absolute Gasteiger partial charge is 0.290 e. The molecule has 2 aromatic rings. The molecule has 3 rings (SSSR count). The monoisotopic (exact) mass is 565 g/mol. The molecule has 1 fully saturated rings. The molecule has 0 unspecified atom stereocenters. The highest BCUT2D eigenvalue weighted by Crippen LogP contribution is 2.44. The molecule has 146 valence electrons. The van der Waals surface area contributed by atoms with Crippen LogP contribution in [0.15, 0.2) is 38.1 Å². The summed E-state index contributed by atoms with van der Waals surface area (Å²) in [6, 6.07) is 6.95. The molecule has 1 aliphatic rings. The van der Waals surface area contributed by atoms with Gasteiger partial charge in [0.2, 0.25) is 0 Å². The van der Waals surface area contributed by atoms with Gasteiger partial charge in [0.1, 0.15) is 6.61 Å². The van der Waals surface area contributed by atoms with Crippen molar-refractivity contribution < 1.29 is 19.1 Å². The van der Waals surface area contributed by atoms with Crippen molar-refractivity contribution in [2.75, 3.05) is 7.11 Å². The van der Waals surface area contributed by atoms with Gasteiger partial charge in [-0.2, -0.15) is 0 Å². The van der Waals surface area contributed by atoms with E-state index < -0.39 is 11.1 Å². The minimum atomic E-state index is -0.433. The first-order valence-corrected chi connectivity index (χ1v) is 10.8. The molecule has 10 heteroatoms. The highest BCUT2D eigenvalue weighted by atomic mass is 79.9. The maximum atomic E-state index is 11.8. The summed E-state index contributed by atoms with van der Waals surface area (Å²) >= 11 is 19.8. The Balaban J connectivity index is 1.91. The molecule has 0 aliphatic carbocycles. The largest absolute Gasteiger partial charge is 0.493 e. The first-order chi connectivity index (χ1) is 13.3. The van der Waals surface area contributed by atoms with Crippen molar-refractivity contribution in [1.29, 1.82) is 0 Å². The summed E-state index contributed by atoms with van der Waals surface area (Å²) in [6.07, 6.45) is 1.60. The summed E-state index contributed by atoms with van der Waals surface area (Å²) < 4.78 is 12.6. The summed E-state index contributed by atoms with van der Waals surface area (Å²) in [7, 11) is 1.51. The third kappa shape index (κ3) is 4.68. The van der Waals surface area contributed by atoms with E-state index in [0.29, 0.717) is 41.0 Å². The van der Waals surface area contributed by atoms with Gasteiger partial charge >= 0.3 is 0 Å². The molecule has 1 aliphatic heterocycles. The van der Waals surface area contributed by atoms with Crippen LogP contribution in [0.4, 0.5) is 4.79 Å². The first-order valence-electron chi connectivity index (χ1n) is 7.67. The lowest BCUT2D eigenvalue weighted by molar-refractivity contribution is -0.115. The van der Waals surface area contributed by atoms with Crippen LogP contribution in [0.25, 0.3) is 6.08 Å². The fraction of sp³-hybridized carbons (Fsp3) is 0.111. The van der Waals surface area contributed by atoms with Gasteiger partial charge in [-0.1, -0.05) is 29.3 Å². The fourth-order valence-corrected chi connectivity index (χ4v) is 4.28. The van der Waals surface area contributed by atoms with E-state index in [1.807, 2.05) is 6.07 Å². The van der Waals surface area contributed by atoms with Crippen molar-refractivity contribution in [3.8, 4) is 11.5 Å². The second-order valence-electron chi connectivity index (χ2n) is 5.51. The van der Waals surface area contributed by atoms with Crippen molar-refractivity contribution in [2.24, 2.45) is 0 Å². The lowest BCUT2D eigenvalue weighted by Gasteiger charge is -2.16. The lowest BCUT2D eigenvalue weighted by Crippen LogP contribution is -2.17. The summed E-state index contributed by atoms with van der Waals surface area (Å²) in [5.74, 6) is 0.496. The van der Waals surface area contributed by atoms with E-state index in [1.165, 1.54) is 7.11 Å². The van der Waals surface area contributed by atoms with Crippen molar-refractivity contribution in [1.82, 2.24) is 5.32 Å².